The molecule has 216 valence electrons. The van der Waals surface area contributed by atoms with Crippen LogP contribution in [0, 0.1) is 5.92 Å². The number of pyridine rings is 1. The van der Waals surface area contributed by atoms with Crippen LogP contribution in [-0.4, -0.2) is 19.5 Å². The van der Waals surface area contributed by atoms with Crippen molar-refractivity contribution in [3.63, 3.8) is 0 Å². The maximum absolute atomic E-state index is 5.04. The van der Waals surface area contributed by atoms with Crippen LogP contribution < -0.4 is 0 Å². The van der Waals surface area contributed by atoms with E-state index in [1.165, 1.54) is 16.6 Å². The lowest BCUT2D eigenvalue weighted by atomic mass is 9.83. The normalized spacial score (nSPS) is 15.7. The van der Waals surface area contributed by atoms with Crippen LogP contribution in [0.5, 0.6) is 0 Å². The number of rotatable bonds is 5. The van der Waals surface area contributed by atoms with Gasteiger partial charge >= 0.3 is 0 Å². The van der Waals surface area contributed by atoms with Gasteiger partial charge in [-0.2, -0.15) is 0 Å². The molecule has 8 rings (SSSR count). The number of aromatic nitrogens is 4. The lowest BCUT2D eigenvalue weighted by Crippen LogP contribution is -2.10. The van der Waals surface area contributed by atoms with E-state index < -0.39 is 0 Å². The highest BCUT2D eigenvalue weighted by Gasteiger charge is 2.26. The second-order valence-corrected chi connectivity index (χ2v) is 11.9. The van der Waals surface area contributed by atoms with Crippen LogP contribution in [-0.2, 0) is 0 Å². The molecule has 4 aromatic carbocycles. The van der Waals surface area contributed by atoms with Gasteiger partial charge in [0.15, 0.2) is 5.82 Å². The first-order valence-electron chi connectivity index (χ1n) is 15.5. The molecule has 2 unspecified atom stereocenters. The average molecular weight is 581 g/mol. The molecule has 2 atom stereocenters. The molecule has 0 fully saturated rings. The van der Waals surface area contributed by atoms with Gasteiger partial charge in [-0.1, -0.05) is 111 Å². The van der Waals surface area contributed by atoms with Gasteiger partial charge < -0.3 is 4.57 Å². The van der Waals surface area contributed by atoms with Crippen LogP contribution in [0.3, 0.4) is 0 Å². The molecule has 3 aromatic heterocycles. The Morgan fingerprint density at radius 1 is 0.600 bits per heavy atom. The second-order valence-electron chi connectivity index (χ2n) is 11.9. The summed E-state index contributed by atoms with van der Waals surface area (Å²) in [5, 5.41) is 1.29. The third-order valence-electron chi connectivity index (χ3n) is 9.09. The lowest BCUT2D eigenvalue weighted by molar-refractivity contribution is 0.587. The van der Waals surface area contributed by atoms with Crippen molar-refractivity contribution in [2.75, 3.05) is 0 Å². The summed E-state index contributed by atoms with van der Waals surface area (Å²) in [5.41, 5.74) is 12.2. The van der Waals surface area contributed by atoms with E-state index in [1.54, 1.807) is 0 Å². The summed E-state index contributed by atoms with van der Waals surface area (Å²) in [7, 11) is 0. The molecule has 0 amide bonds. The Balaban J connectivity index is 1.19. The van der Waals surface area contributed by atoms with Crippen molar-refractivity contribution in [1.29, 1.82) is 0 Å². The summed E-state index contributed by atoms with van der Waals surface area (Å²) in [6.45, 7) is 4.63. The van der Waals surface area contributed by atoms with Crippen LogP contribution in [0.2, 0.25) is 0 Å². The summed E-state index contributed by atoms with van der Waals surface area (Å²) in [5.74, 6) is 1.67. The molecular weight excluding hydrogens is 548 g/mol. The van der Waals surface area contributed by atoms with Gasteiger partial charge in [0.05, 0.1) is 28.8 Å². The highest BCUT2D eigenvalue weighted by atomic mass is 15.0. The molecule has 7 aromatic rings. The number of allylic oxidation sites excluding steroid dienone is 1. The molecule has 1 aliphatic rings. The average Bonchev–Trinajstić information content (AvgIpc) is 3.45. The first-order chi connectivity index (χ1) is 22.1. The smallest absolute Gasteiger partial charge is 0.160 e. The molecule has 45 heavy (non-hydrogen) atoms. The maximum Gasteiger partial charge on any atom is 0.160 e. The van der Waals surface area contributed by atoms with Gasteiger partial charge in [-0.3, -0.25) is 4.98 Å². The molecule has 0 N–H and O–H groups in total. The fraction of sp³-hybridized carbons (Fsp3) is 0.0976. The zero-order valence-corrected chi connectivity index (χ0v) is 25.3. The molecule has 0 aliphatic heterocycles. The molecule has 1 aliphatic carbocycles. The summed E-state index contributed by atoms with van der Waals surface area (Å²) < 4.78 is 2.36. The van der Waals surface area contributed by atoms with E-state index in [2.05, 4.69) is 120 Å². The Morgan fingerprint density at radius 3 is 2.02 bits per heavy atom. The fourth-order valence-electron chi connectivity index (χ4n) is 6.50. The number of nitrogens with zero attached hydrogens (tertiary/aromatic N) is 4. The summed E-state index contributed by atoms with van der Waals surface area (Å²) in [6.07, 6.45) is 8.51. The predicted octanol–water partition coefficient (Wildman–Crippen LogP) is 10.2. The van der Waals surface area contributed by atoms with Gasteiger partial charge in [-0.15, -0.1) is 0 Å². The van der Waals surface area contributed by atoms with Crippen LogP contribution in [0.1, 0.15) is 31.0 Å². The fourth-order valence-corrected chi connectivity index (χ4v) is 6.50. The highest BCUT2D eigenvalue weighted by Crippen LogP contribution is 2.41. The van der Waals surface area contributed by atoms with E-state index in [4.69, 9.17) is 9.97 Å². The molecule has 0 bridgehead atoms. The molecule has 4 nitrogen and oxygen atoms in total. The Kier molecular flexibility index (Phi) is 6.68. The zero-order chi connectivity index (χ0) is 30.3. The summed E-state index contributed by atoms with van der Waals surface area (Å²) in [6, 6.07) is 42.2. The van der Waals surface area contributed by atoms with E-state index in [0.717, 1.165) is 56.2 Å². The zero-order valence-electron chi connectivity index (χ0n) is 25.3. The number of benzene rings is 4. The van der Waals surface area contributed by atoms with Gasteiger partial charge in [0.2, 0.25) is 0 Å². The second kappa shape index (κ2) is 11.1. The molecule has 0 radical (unpaired) electrons. The van der Waals surface area contributed by atoms with Crippen LogP contribution in [0.15, 0.2) is 140 Å². The Labute approximate surface area is 263 Å². The SMILES string of the molecule is CC1C=Cc2c(c3ccncc3n2-c2ccc(-c3cccc(-c4cc(-c5ccccc5)nc(-c5ccccc5)n4)c3)cc2)C1C. The first-order valence-corrected chi connectivity index (χ1v) is 15.5. The van der Waals surface area contributed by atoms with Crippen molar-refractivity contribution in [3.8, 4) is 50.7 Å². The van der Waals surface area contributed by atoms with Gasteiger partial charge in [-0.05, 0) is 64.9 Å². The summed E-state index contributed by atoms with van der Waals surface area (Å²) >= 11 is 0. The van der Waals surface area contributed by atoms with Crippen molar-refractivity contribution < 1.29 is 0 Å². The largest absolute Gasteiger partial charge is 0.308 e. The first kappa shape index (κ1) is 27.0. The number of fused-ring (bicyclic) bond motifs is 3. The van der Waals surface area contributed by atoms with Gasteiger partial charge in [0, 0.05) is 34.0 Å². The Hall–Kier alpha value is -5.61. The van der Waals surface area contributed by atoms with Gasteiger partial charge in [-0.25, -0.2) is 9.97 Å². The minimum Gasteiger partial charge on any atom is -0.308 e. The van der Waals surface area contributed by atoms with E-state index in [9.17, 15) is 0 Å². The highest BCUT2D eigenvalue weighted by molar-refractivity contribution is 5.91. The van der Waals surface area contributed by atoms with Crippen molar-refractivity contribution in [2.45, 2.75) is 19.8 Å². The predicted molar refractivity (Wildman–Crippen MR) is 185 cm³/mol. The third-order valence-corrected chi connectivity index (χ3v) is 9.09. The quantitative estimate of drug-likeness (QED) is 0.203. The molecule has 0 saturated carbocycles. The van der Waals surface area contributed by atoms with Gasteiger partial charge in [0.1, 0.15) is 0 Å². The number of hydrogen-bond donors (Lipinski definition) is 0. The standard InChI is InChI=1S/C41H32N4/c1-27-16-21-38-40(28(27)2)35-22-23-42-26-39(35)45(38)34-19-17-29(18-20-34)32-14-9-15-33(24-32)37-25-36(30-10-5-3-6-11-30)43-41(44-37)31-12-7-4-8-13-31/h3-28H,1-2H3. The molecule has 3 heterocycles. The minimum absolute atomic E-state index is 0.449. The topological polar surface area (TPSA) is 43.6 Å². The van der Waals surface area contributed by atoms with Crippen molar-refractivity contribution >= 4 is 17.0 Å². The van der Waals surface area contributed by atoms with Crippen molar-refractivity contribution in [3.05, 3.63) is 151 Å². The van der Waals surface area contributed by atoms with E-state index >= 15 is 0 Å². The lowest BCUT2D eigenvalue weighted by Gasteiger charge is -2.22. The van der Waals surface area contributed by atoms with Crippen LogP contribution >= 0.6 is 0 Å². The molecular formula is C41H32N4. The van der Waals surface area contributed by atoms with E-state index in [1.807, 2.05) is 48.8 Å². The van der Waals surface area contributed by atoms with E-state index in [0.29, 0.717) is 11.8 Å². The van der Waals surface area contributed by atoms with Crippen LogP contribution in [0.25, 0.3) is 67.7 Å². The monoisotopic (exact) mass is 580 g/mol. The Morgan fingerprint density at radius 2 is 1.27 bits per heavy atom. The Bertz CT molecular complexity index is 2120. The van der Waals surface area contributed by atoms with Crippen molar-refractivity contribution in [2.24, 2.45) is 5.92 Å². The van der Waals surface area contributed by atoms with Crippen LogP contribution in [0.4, 0.5) is 0 Å². The molecule has 4 heteroatoms. The minimum atomic E-state index is 0.449. The third kappa shape index (κ3) is 4.85. The molecule has 0 spiro atoms. The number of hydrogen-bond acceptors (Lipinski definition) is 3. The molecule has 0 saturated heterocycles. The van der Waals surface area contributed by atoms with Gasteiger partial charge in [0.25, 0.3) is 0 Å². The summed E-state index contributed by atoms with van der Waals surface area (Å²) in [4.78, 5) is 14.5. The van der Waals surface area contributed by atoms with Crippen molar-refractivity contribution in [1.82, 2.24) is 19.5 Å². The maximum atomic E-state index is 5.04. The van der Waals surface area contributed by atoms with E-state index in [-0.39, 0.29) is 0 Å².